The Hall–Kier alpha value is -1.81. The summed E-state index contributed by atoms with van der Waals surface area (Å²) in [5.74, 6) is -0.205. The summed E-state index contributed by atoms with van der Waals surface area (Å²) in [6, 6.07) is 8.66. The van der Waals surface area contributed by atoms with Crippen LogP contribution in [0.2, 0.25) is 0 Å². The minimum Gasteiger partial charge on any atom is -0.308 e. The van der Waals surface area contributed by atoms with Crippen molar-refractivity contribution in [1.82, 2.24) is 15.3 Å². The second kappa shape index (κ2) is 6.95. The van der Waals surface area contributed by atoms with Crippen molar-refractivity contribution in [3.05, 3.63) is 59.9 Å². The smallest absolute Gasteiger partial charge is 0.123 e. The number of hydrogen-bond acceptors (Lipinski definition) is 3. The SMILES string of the molecule is CCCNC(Cc1ccc(F)cc1)c1ccncn1. The van der Waals surface area contributed by atoms with Crippen LogP contribution >= 0.6 is 0 Å². The minimum absolute atomic E-state index is 0.133. The summed E-state index contributed by atoms with van der Waals surface area (Å²) in [6.07, 6.45) is 5.15. The molecule has 0 aliphatic carbocycles. The van der Waals surface area contributed by atoms with Crippen molar-refractivity contribution in [1.29, 1.82) is 0 Å². The van der Waals surface area contributed by atoms with Gasteiger partial charge in [-0.3, -0.25) is 0 Å². The van der Waals surface area contributed by atoms with E-state index in [4.69, 9.17) is 0 Å². The fraction of sp³-hybridized carbons (Fsp3) is 0.333. The van der Waals surface area contributed by atoms with Crippen LogP contribution in [-0.4, -0.2) is 16.5 Å². The Morgan fingerprint density at radius 1 is 1.21 bits per heavy atom. The molecule has 0 saturated carbocycles. The van der Waals surface area contributed by atoms with Gasteiger partial charge < -0.3 is 5.32 Å². The summed E-state index contributed by atoms with van der Waals surface area (Å²) in [5.41, 5.74) is 2.06. The average molecular weight is 259 g/mol. The van der Waals surface area contributed by atoms with Gasteiger partial charge in [0.2, 0.25) is 0 Å². The molecule has 0 bridgehead atoms. The van der Waals surface area contributed by atoms with Gasteiger partial charge in [-0.1, -0.05) is 19.1 Å². The van der Waals surface area contributed by atoms with Crippen molar-refractivity contribution >= 4 is 0 Å². The fourth-order valence-corrected chi connectivity index (χ4v) is 1.96. The molecule has 2 aromatic rings. The topological polar surface area (TPSA) is 37.8 Å². The maximum absolute atomic E-state index is 12.9. The zero-order valence-electron chi connectivity index (χ0n) is 11.0. The van der Waals surface area contributed by atoms with Crippen molar-refractivity contribution in [3.63, 3.8) is 0 Å². The summed E-state index contributed by atoms with van der Waals surface area (Å²) in [7, 11) is 0. The number of benzene rings is 1. The molecule has 1 N–H and O–H groups in total. The van der Waals surface area contributed by atoms with Gasteiger partial charge in [-0.25, -0.2) is 14.4 Å². The first kappa shape index (κ1) is 13.6. The summed E-state index contributed by atoms with van der Waals surface area (Å²) in [4.78, 5) is 8.24. The summed E-state index contributed by atoms with van der Waals surface area (Å²) in [6.45, 7) is 3.05. The number of aromatic nitrogens is 2. The lowest BCUT2D eigenvalue weighted by molar-refractivity contribution is 0.516. The minimum atomic E-state index is -0.205. The maximum atomic E-state index is 12.9. The molecular weight excluding hydrogens is 241 g/mol. The summed E-state index contributed by atoms with van der Waals surface area (Å²) >= 11 is 0. The lowest BCUT2D eigenvalue weighted by Crippen LogP contribution is -2.25. The number of halogens is 1. The molecule has 1 unspecified atom stereocenters. The van der Waals surface area contributed by atoms with E-state index in [0.717, 1.165) is 30.6 Å². The molecule has 0 fully saturated rings. The highest BCUT2D eigenvalue weighted by molar-refractivity contribution is 5.19. The van der Waals surface area contributed by atoms with Crippen molar-refractivity contribution in [2.45, 2.75) is 25.8 Å². The number of nitrogens with zero attached hydrogens (tertiary/aromatic N) is 2. The molecular formula is C15H18FN3. The number of rotatable bonds is 6. The van der Waals surface area contributed by atoms with E-state index in [1.54, 1.807) is 12.5 Å². The third-order valence-electron chi connectivity index (χ3n) is 2.96. The molecule has 1 heterocycles. The predicted molar refractivity (Wildman–Crippen MR) is 73.2 cm³/mol. The first-order valence-corrected chi connectivity index (χ1v) is 6.53. The highest BCUT2D eigenvalue weighted by Gasteiger charge is 2.12. The van der Waals surface area contributed by atoms with Crippen molar-refractivity contribution in [3.8, 4) is 0 Å². The van der Waals surface area contributed by atoms with Gasteiger partial charge in [0.05, 0.1) is 11.7 Å². The van der Waals surface area contributed by atoms with Gasteiger partial charge in [0.15, 0.2) is 0 Å². The van der Waals surface area contributed by atoms with Crippen LogP contribution in [0.1, 0.15) is 30.6 Å². The van der Waals surface area contributed by atoms with E-state index in [0.29, 0.717) is 0 Å². The fourth-order valence-electron chi connectivity index (χ4n) is 1.96. The normalized spacial score (nSPS) is 12.3. The van der Waals surface area contributed by atoms with Gasteiger partial charge in [0.25, 0.3) is 0 Å². The first-order chi connectivity index (χ1) is 9.29. The quantitative estimate of drug-likeness (QED) is 0.866. The molecule has 0 spiro atoms. The molecule has 0 amide bonds. The lowest BCUT2D eigenvalue weighted by atomic mass is 10.0. The Balaban J connectivity index is 2.11. The first-order valence-electron chi connectivity index (χ1n) is 6.53. The molecule has 0 saturated heterocycles. The molecule has 1 aromatic heterocycles. The lowest BCUT2D eigenvalue weighted by Gasteiger charge is -2.17. The van der Waals surface area contributed by atoms with Crippen LogP contribution in [0.3, 0.4) is 0 Å². The van der Waals surface area contributed by atoms with Gasteiger partial charge in [-0.15, -0.1) is 0 Å². The Bertz CT molecular complexity index is 485. The third kappa shape index (κ3) is 4.10. The number of nitrogens with one attached hydrogen (secondary N) is 1. The predicted octanol–water partition coefficient (Wildman–Crippen LogP) is 2.90. The average Bonchev–Trinajstić information content (AvgIpc) is 2.46. The van der Waals surface area contributed by atoms with Crippen molar-refractivity contribution in [2.24, 2.45) is 0 Å². The molecule has 3 nitrogen and oxygen atoms in total. The van der Waals surface area contributed by atoms with Crippen LogP contribution in [0.25, 0.3) is 0 Å². The van der Waals surface area contributed by atoms with E-state index < -0.39 is 0 Å². The Morgan fingerprint density at radius 3 is 2.63 bits per heavy atom. The van der Waals surface area contributed by atoms with E-state index in [1.807, 2.05) is 18.2 Å². The molecule has 1 aromatic carbocycles. The Morgan fingerprint density at radius 2 is 2.00 bits per heavy atom. The van der Waals surface area contributed by atoms with E-state index in [-0.39, 0.29) is 11.9 Å². The molecule has 0 aliphatic rings. The van der Waals surface area contributed by atoms with E-state index in [2.05, 4.69) is 22.2 Å². The zero-order valence-corrected chi connectivity index (χ0v) is 11.0. The molecule has 0 aliphatic heterocycles. The van der Waals surface area contributed by atoms with Crippen LogP contribution in [-0.2, 0) is 6.42 Å². The van der Waals surface area contributed by atoms with E-state index >= 15 is 0 Å². The van der Waals surface area contributed by atoms with Gasteiger partial charge in [-0.05, 0) is 43.1 Å². The van der Waals surface area contributed by atoms with E-state index in [9.17, 15) is 4.39 Å². The van der Waals surface area contributed by atoms with Crippen LogP contribution in [0.4, 0.5) is 4.39 Å². The highest BCUT2D eigenvalue weighted by atomic mass is 19.1. The van der Waals surface area contributed by atoms with Gasteiger partial charge >= 0.3 is 0 Å². The molecule has 4 heteroatoms. The molecule has 2 rings (SSSR count). The number of hydrogen-bond donors (Lipinski definition) is 1. The summed E-state index contributed by atoms with van der Waals surface area (Å²) in [5, 5.41) is 3.46. The van der Waals surface area contributed by atoms with Crippen LogP contribution < -0.4 is 5.32 Å². The Kier molecular flexibility index (Phi) is 4.98. The standard InChI is InChI=1S/C15H18FN3/c1-2-8-18-15(14-7-9-17-11-19-14)10-12-3-5-13(16)6-4-12/h3-7,9,11,15,18H,2,8,10H2,1H3. The van der Waals surface area contributed by atoms with Gasteiger partial charge in [0.1, 0.15) is 12.1 Å². The van der Waals surface area contributed by atoms with Crippen molar-refractivity contribution < 1.29 is 4.39 Å². The maximum Gasteiger partial charge on any atom is 0.123 e. The molecule has 1 atom stereocenters. The van der Waals surface area contributed by atoms with Gasteiger partial charge in [-0.2, -0.15) is 0 Å². The molecule has 100 valence electrons. The van der Waals surface area contributed by atoms with Crippen molar-refractivity contribution in [2.75, 3.05) is 6.54 Å². The van der Waals surface area contributed by atoms with Crippen LogP contribution in [0.15, 0.2) is 42.9 Å². The highest BCUT2D eigenvalue weighted by Crippen LogP contribution is 2.16. The van der Waals surface area contributed by atoms with Crippen LogP contribution in [0.5, 0.6) is 0 Å². The second-order valence-electron chi connectivity index (χ2n) is 4.47. The van der Waals surface area contributed by atoms with Crippen LogP contribution in [0, 0.1) is 5.82 Å². The third-order valence-corrected chi connectivity index (χ3v) is 2.96. The Labute approximate surface area is 112 Å². The monoisotopic (exact) mass is 259 g/mol. The second-order valence-corrected chi connectivity index (χ2v) is 4.47. The van der Waals surface area contributed by atoms with E-state index in [1.165, 1.54) is 12.1 Å². The molecule has 19 heavy (non-hydrogen) atoms. The summed E-state index contributed by atoms with van der Waals surface area (Å²) < 4.78 is 12.9. The van der Waals surface area contributed by atoms with Gasteiger partial charge in [0, 0.05) is 6.20 Å². The zero-order chi connectivity index (χ0) is 13.5. The molecule has 0 radical (unpaired) electrons. The largest absolute Gasteiger partial charge is 0.308 e.